The Morgan fingerprint density at radius 2 is 1.76 bits per heavy atom. The third-order valence-electron chi connectivity index (χ3n) is 2.75. The highest BCUT2D eigenvalue weighted by atomic mass is 79.9. The van der Waals surface area contributed by atoms with Crippen molar-refractivity contribution in [3.63, 3.8) is 0 Å². The molecule has 0 aliphatic rings. The molecule has 0 amide bonds. The molecule has 1 aromatic heterocycles. The molecule has 0 N–H and O–H groups in total. The van der Waals surface area contributed by atoms with Crippen LogP contribution >= 0.6 is 43.6 Å². The van der Waals surface area contributed by atoms with Crippen molar-refractivity contribution in [2.45, 2.75) is 11.0 Å². The van der Waals surface area contributed by atoms with Crippen LogP contribution < -0.4 is 0 Å². The minimum absolute atomic E-state index is 0.541. The molecule has 21 heavy (non-hydrogen) atoms. The van der Waals surface area contributed by atoms with E-state index in [2.05, 4.69) is 54.2 Å². The van der Waals surface area contributed by atoms with Crippen LogP contribution in [0.1, 0.15) is 5.56 Å². The normalized spacial score (nSPS) is 10.8. The van der Waals surface area contributed by atoms with Gasteiger partial charge in [-0.15, -0.1) is 10.2 Å². The minimum atomic E-state index is 0.541. The smallest absolute Gasteiger partial charge is 0.277 e. The van der Waals surface area contributed by atoms with Gasteiger partial charge in [-0.2, -0.15) is 0 Å². The van der Waals surface area contributed by atoms with Crippen LogP contribution in [0.25, 0.3) is 11.5 Å². The Hall–Kier alpha value is -1.11. The van der Waals surface area contributed by atoms with Crippen molar-refractivity contribution in [3.05, 3.63) is 63.0 Å². The molecule has 3 aromatic rings. The molecule has 0 spiro atoms. The summed E-state index contributed by atoms with van der Waals surface area (Å²) in [6, 6.07) is 16.0. The van der Waals surface area contributed by atoms with Gasteiger partial charge >= 0.3 is 0 Å². The maximum atomic E-state index is 5.68. The molecule has 0 fully saturated rings. The Morgan fingerprint density at radius 3 is 2.52 bits per heavy atom. The van der Waals surface area contributed by atoms with Crippen LogP contribution in [0.3, 0.4) is 0 Å². The van der Waals surface area contributed by atoms with Crippen molar-refractivity contribution in [2.24, 2.45) is 0 Å². The Balaban J connectivity index is 1.69. The fourth-order valence-corrected chi connectivity index (χ4v) is 3.17. The lowest BCUT2D eigenvalue weighted by Crippen LogP contribution is -1.80. The Morgan fingerprint density at radius 1 is 0.952 bits per heavy atom. The maximum Gasteiger partial charge on any atom is 0.277 e. The van der Waals surface area contributed by atoms with Crippen molar-refractivity contribution in [2.75, 3.05) is 0 Å². The second kappa shape index (κ2) is 6.77. The molecular formula is C15H10Br2N2OS. The summed E-state index contributed by atoms with van der Waals surface area (Å²) in [6.07, 6.45) is 0. The second-order valence-corrected chi connectivity index (χ2v) is 7.06. The van der Waals surface area contributed by atoms with Crippen LogP contribution in [0.4, 0.5) is 0 Å². The summed E-state index contributed by atoms with van der Waals surface area (Å²) in [6.45, 7) is 0. The zero-order valence-electron chi connectivity index (χ0n) is 10.8. The van der Waals surface area contributed by atoms with Gasteiger partial charge in [0.1, 0.15) is 0 Å². The van der Waals surface area contributed by atoms with Gasteiger partial charge in [-0.3, -0.25) is 0 Å². The highest BCUT2D eigenvalue weighted by Gasteiger charge is 2.09. The molecule has 0 radical (unpaired) electrons. The van der Waals surface area contributed by atoms with Crippen LogP contribution in [0.5, 0.6) is 0 Å². The topological polar surface area (TPSA) is 38.9 Å². The molecule has 0 saturated heterocycles. The molecule has 0 unspecified atom stereocenters. The van der Waals surface area contributed by atoms with Crippen molar-refractivity contribution < 1.29 is 4.42 Å². The first-order chi connectivity index (χ1) is 10.2. The van der Waals surface area contributed by atoms with Crippen LogP contribution in [0, 0.1) is 0 Å². The SMILES string of the molecule is Brc1ccc(-c2nnc(SCc3cccc(Br)c3)o2)cc1. The van der Waals surface area contributed by atoms with Gasteiger partial charge in [0.2, 0.25) is 5.89 Å². The monoisotopic (exact) mass is 424 g/mol. The summed E-state index contributed by atoms with van der Waals surface area (Å²) in [5.41, 5.74) is 2.12. The van der Waals surface area contributed by atoms with Crippen LogP contribution in [-0.2, 0) is 5.75 Å². The third-order valence-corrected chi connectivity index (χ3v) is 4.66. The van der Waals surface area contributed by atoms with Gasteiger partial charge in [0.15, 0.2) is 0 Å². The number of halogens is 2. The van der Waals surface area contributed by atoms with E-state index in [-0.39, 0.29) is 0 Å². The van der Waals surface area contributed by atoms with Crippen LogP contribution in [0.2, 0.25) is 0 Å². The lowest BCUT2D eigenvalue weighted by molar-refractivity contribution is 0.466. The summed E-state index contributed by atoms with van der Waals surface area (Å²) < 4.78 is 7.77. The summed E-state index contributed by atoms with van der Waals surface area (Å²) in [4.78, 5) is 0. The number of hydrogen-bond donors (Lipinski definition) is 0. The van der Waals surface area contributed by atoms with Crippen LogP contribution in [0.15, 0.2) is 67.1 Å². The molecule has 106 valence electrons. The Bertz CT molecular complexity index is 743. The largest absolute Gasteiger partial charge is 0.411 e. The van der Waals surface area contributed by atoms with Crippen molar-refractivity contribution in [1.82, 2.24) is 10.2 Å². The van der Waals surface area contributed by atoms with E-state index in [1.54, 1.807) is 0 Å². The van der Waals surface area contributed by atoms with Crippen LogP contribution in [-0.4, -0.2) is 10.2 Å². The molecule has 1 heterocycles. The van der Waals surface area contributed by atoms with E-state index in [1.165, 1.54) is 17.3 Å². The average molecular weight is 426 g/mol. The first-order valence-electron chi connectivity index (χ1n) is 6.17. The third kappa shape index (κ3) is 3.96. The molecule has 6 heteroatoms. The van der Waals surface area contributed by atoms with E-state index in [1.807, 2.05) is 36.4 Å². The molecule has 0 aliphatic carbocycles. The summed E-state index contributed by atoms with van der Waals surface area (Å²) in [5.74, 6) is 1.33. The second-order valence-electron chi connectivity index (χ2n) is 4.30. The van der Waals surface area contributed by atoms with Crippen molar-refractivity contribution >= 4 is 43.6 Å². The molecule has 2 aromatic carbocycles. The maximum absolute atomic E-state index is 5.68. The summed E-state index contributed by atoms with van der Waals surface area (Å²) >= 11 is 8.40. The molecule has 3 rings (SSSR count). The molecule has 0 atom stereocenters. The number of nitrogens with zero attached hydrogens (tertiary/aromatic N) is 2. The fraction of sp³-hybridized carbons (Fsp3) is 0.0667. The fourth-order valence-electron chi connectivity index (χ4n) is 1.75. The number of rotatable bonds is 4. The zero-order chi connectivity index (χ0) is 14.7. The molecule has 0 saturated carbocycles. The van der Waals surface area contributed by atoms with Gasteiger partial charge in [-0.25, -0.2) is 0 Å². The van der Waals surface area contributed by atoms with E-state index in [0.717, 1.165) is 20.3 Å². The first kappa shape index (κ1) is 14.8. The van der Waals surface area contributed by atoms with Gasteiger partial charge in [0.05, 0.1) is 0 Å². The van der Waals surface area contributed by atoms with Gasteiger partial charge in [-0.1, -0.05) is 55.8 Å². The van der Waals surface area contributed by atoms with Gasteiger partial charge in [0, 0.05) is 20.3 Å². The number of benzene rings is 2. The van der Waals surface area contributed by atoms with E-state index >= 15 is 0 Å². The lowest BCUT2D eigenvalue weighted by atomic mass is 10.2. The van der Waals surface area contributed by atoms with E-state index < -0.39 is 0 Å². The summed E-state index contributed by atoms with van der Waals surface area (Å²) in [5, 5.41) is 8.74. The molecule has 3 nitrogen and oxygen atoms in total. The minimum Gasteiger partial charge on any atom is -0.411 e. The Kier molecular flexibility index (Phi) is 4.77. The zero-order valence-corrected chi connectivity index (χ0v) is 14.8. The summed E-state index contributed by atoms with van der Waals surface area (Å²) in [7, 11) is 0. The molecular weight excluding hydrogens is 416 g/mol. The predicted molar refractivity (Wildman–Crippen MR) is 91.1 cm³/mol. The number of aromatic nitrogens is 2. The average Bonchev–Trinajstić information content (AvgIpc) is 2.95. The first-order valence-corrected chi connectivity index (χ1v) is 8.74. The quantitative estimate of drug-likeness (QED) is 0.513. The Labute approximate surface area is 143 Å². The highest BCUT2D eigenvalue weighted by Crippen LogP contribution is 2.27. The van der Waals surface area contributed by atoms with E-state index in [4.69, 9.17) is 4.42 Å². The molecule has 0 aliphatic heterocycles. The lowest BCUT2D eigenvalue weighted by Gasteiger charge is -1.98. The highest BCUT2D eigenvalue weighted by molar-refractivity contribution is 9.10. The van der Waals surface area contributed by atoms with E-state index in [9.17, 15) is 0 Å². The number of hydrogen-bond acceptors (Lipinski definition) is 4. The van der Waals surface area contributed by atoms with Crippen molar-refractivity contribution in [1.29, 1.82) is 0 Å². The number of thioether (sulfide) groups is 1. The van der Waals surface area contributed by atoms with Gasteiger partial charge in [-0.05, 0) is 42.0 Å². The predicted octanol–water partition coefficient (Wildman–Crippen LogP) is 5.55. The molecule has 0 bridgehead atoms. The van der Waals surface area contributed by atoms with Gasteiger partial charge in [0.25, 0.3) is 5.22 Å². The van der Waals surface area contributed by atoms with Gasteiger partial charge < -0.3 is 4.42 Å². The van der Waals surface area contributed by atoms with E-state index in [0.29, 0.717) is 11.1 Å². The van der Waals surface area contributed by atoms with Crippen molar-refractivity contribution in [3.8, 4) is 11.5 Å². The standard InChI is InChI=1S/C15H10Br2N2OS/c16-12-6-4-11(5-7-12)14-18-19-15(20-14)21-9-10-2-1-3-13(17)8-10/h1-8H,9H2.